The lowest BCUT2D eigenvalue weighted by molar-refractivity contribution is 0.266. The maximum absolute atomic E-state index is 5.68. The van der Waals surface area contributed by atoms with Crippen molar-refractivity contribution in [1.29, 1.82) is 0 Å². The molecule has 1 atom stereocenters. The van der Waals surface area contributed by atoms with Gasteiger partial charge in [-0.15, -0.1) is 0 Å². The second kappa shape index (κ2) is 5.98. The van der Waals surface area contributed by atoms with E-state index in [0.29, 0.717) is 5.92 Å². The molecule has 0 aromatic heterocycles. The van der Waals surface area contributed by atoms with Crippen molar-refractivity contribution in [2.24, 2.45) is 11.3 Å². The van der Waals surface area contributed by atoms with Gasteiger partial charge in [-0.25, -0.2) is 0 Å². The van der Waals surface area contributed by atoms with Crippen molar-refractivity contribution in [2.45, 2.75) is 61.3 Å². The first-order valence-electron chi connectivity index (χ1n) is 7.24. The Kier molecular flexibility index (Phi) is 5.06. The van der Waals surface area contributed by atoms with E-state index in [0.717, 1.165) is 18.6 Å². The first-order valence-corrected chi connectivity index (χ1v) is 7.24. The Morgan fingerprint density at radius 3 is 2.05 bits per heavy atom. The molecule has 0 heterocycles. The second-order valence-electron chi connectivity index (χ2n) is 7.17. The molecule has 108 valence electrons. The van der Waals surface area contributed by atoms with E-state index in [1.807, 2.05) is 0 Å². The van der Waals surface area contributed by atoms with Crippen molar-refractivity contribution in [2.75, 3.05) is 7.11 Å². The van der Waals surface area contributed by atoms with Crippen LogP contribution in [0.3, 0.4) is 0 Å². The Hall–Kier alpha value is -0.980. The minimum atomic E-state index is 0.265. The van der Waals surface area contributed by atoms with Gasteiger partial charge in [-0.1, -0.05) is 37.5 Å². The van der Waals surface area contributed by atoms with E-state index in [1.54, 1.807) is 12.7 Å². The Labute approximate surface area is 119 Å². The molecule has 1 nitrogen and oxygen atoms in total. The fourth-order valence-electron chi connectivity index (χ4n) is 2.53. The lowest BCUT2D eigenvalue weighted by atomic mass is 9.77. The molecule has 0 radical (unpaired) electrons. The summed E-state index contributed by atoms with van der Waals surface area (Å²) in [6.45, 7) is 15.8. The molecule has 19 heavy (non-hydrogen) atoms. The van der Waals surface area contributed by atoms with Crippen LogP contribution in [0.25, 0.3) is 0 Å². The van der Waals surface area contributed by atoms with Gasteiger partial charge < -0.3 is 4.74 Å². The van der Waals surface area contributed by atoms with Crippen molar-refractivity contribution < 1.29 is 4.74 Å². The number of hydrogen-bond donors (Lipinski definition) is 0. The molecule has 1 aliphatic carbocycles. The fraction of sp³-hybridized carbons (Fsp3) is 0.667. The van der Waals surface area contributed by atoms with Crippen molar-refractivity contribution in [3.63, 3.8) is 0 Å². The molecule has 0 aliphatic heterocycles. The summed E-state index contributed by atoms with van der Waals surface area (Å²) in [6, 6.07) is 0. The van der Waals surface area contributed by atoms with Crippen LogP contribution in [-0.2, 0) is 4.74 Å². The molecule has 0 amide bonds. The van der Waals surface area contributed by atoms with Gasteiger partial charge in [0.15, 0.2) is 0 Å². The lowest BCUT2D eigenvalue weighted by Crippen LogP contribution is -2.19. The minimum Gasteiger partial charge on any atom is -0.497 e. The number of hydrogen-bond acceptors (Lipinski definition) is 1. The summed E-state index contributed by atoms with van der Waals surface area (Å²) in [5.74, 6) is 1.61. The van der Waals surface area contributed by atoms with Gasteiger partial charge >= 0.3 is 0 Å². The fourth-order valence-corrected chi connectivity index (χ4v) is 2.53. The molecule has 0 aromatic rings. The highest BCUT2D eigenvalue weighted by atomic mass is 16.5. The highest BCUT2D eigenvalue weighted by Crippen LogP contribution is 2.40. The average molecular weight is 262 g/mol. The van der Waals surface area contributed by atoms with E-state index < -0.39 is 0 Å². The van der Waals surface area contributed by atoms with E-state index >= 15 is 0 Å². The molecule has 1 unspecified atom stereocenters. The Balaban J connectivity index is 3.36. The summed E-state index contributed by atoms with van der Waals surface area (Å²) < 4.78 is 5.68. The van der Waals surface area contributed by atoms with Gasteiger partial charge in [0.05, 0.1) is 7.11 Å². The standard InChI is InChI=1S/C18H30O/c1-12(2)14-9-15(18(5,6)7)11-17(19-8)16(10-14)13(3)4/h11,15H,9-10H2,1-8H3. The predicted molar refractivity (Wildman–Crippen MR) is 84.0 cm³/mol. The molecule has 0 spiro atoms. The molecular formula is C18H30O. The zero-order valence-corrected chi connectivity index (χ0v) is 14.0. The highest BCUT2D eigenvalue weighted by Gasteiger charge is 2.28. The molecule has 0 saturated carbocycles. The minimum absolute atomic E-state index is 0.265. The first-order chi connectivity index (χ1) is 8.66. The topological polar surface area (TPSA) is 9.23 Å². The van der Waals surface area contributed by atoms with Crippen molar-refractivity contribution in [3.05, 3.63) is 34.1 Å². The summed E-state index contributed by atoms with van der Waals surface area (Å²) >= 11 is 0. The Morgan fingerprint density at radius 1 is 1.11 bits per heavy atom. The van der Waals surface area contributed by atoms with Gasteiger partial charge in [0, 0.05) is 0 Å². The maximum Gasteiger partial charge on any atom is 0.118 e. The van der Waals surface area contributed by atoms with Crippen LogP contribution in [0.4, 0.5) is 0 Å². The van der Waals surface area contributed by atoms with Crippen molar-refractivity contribution >= 4 is 0 Å². The summed E-state index contributed by atoms with van der Waals surface area (Å²) in [7, 11) is 1.79. The number of ether oxygens (including phenoxy) is 1. The SMILES string of the molecule is COC1=CC(C(C)(C)C)CC(=C(C)C)CC1=C(C)C. The molecular weight excluding hydrogens is 232 g/mol. The first kappa shape index (κ1) is 16.1. The zero-order valence-electron chi connectivity index (χ0n) is 14.0. The third kappa shape index (κ3) is 3.99. The molecule has 1 aliphatic rings. The Bertz CT molecular complexity index is 419. The van der Waals surface area contributed by atoms with Crippen LogP contribution in [0.5, 0.6) is 0 Å². The van der Waals surface area contributed by atoms with E-state index in [4.69, 9.17) is 4.74 Å². The maximum atomic E-state index is 5.68. The molecule has 0 bridgehead atoms. The average Bonchev–Trinajstić information content (AvgIpc) is 2.47. The zero-order chi connectivity index (χ0) is 14.8. The van der Waals surface area contributed by atoms with E-state index in [-0.39, 0.29) is 5.41 Å². The molecule has 0 fully saturated rings. The summed E-state index contributed by atoms with van der Waals surface area (Å²) in [6.07, 6.45) is 4.53. The number of rotatable bonds is 1. The van der Waals surface area contributed by atoms with Crippen LogP contribution in [0.1, 0.15) is 61.3 Å². The smallest absolute Gasteiger partial charge is 0.118 e. The van der Waals surface area contributed by atoms with Gasteiger partial charge in [0.25, 0.3) is 0 Å². The summed E-state index contributed by atoms with van der Waals surface area (Å²) in [4.78, 5) is 0. The van der Waals surface area contributed by atoms with Crippen LogP contribution in [0.15, 0.2) is 34.1 Å². The monoisotopic (exact) mass is 262 g/mol. The third-order valence-corrected chi connectivity index (χ3v) is 4.15. The summed E-state index contributed by atoms with van der Waals surface area (Å²) in [5, 5.41) is 0. The molecule has 1 heteroatoms. The largest absolute Gasteiger partial charge is 0.497 e. The van der Waals surface area contributed by atoms with E-state index in [1.165, 1.54) is 16.7 Å². The Morgan fingerprint density at radius 2 is 1.68 bits per heavy atom. The van der Waals surface area contributed by atoms with Crippen LogP contribution >= 0.6 is 0 Å². The van der Waals surface area contributed by atoms with E-state index in [9.17, 15) is 0 Å². The van der Waals surface area contributed by atoms with Gasteiger partial charge in [0.1, 0.15) is 5.76 Å². The van der Waals surface area contributed by atoms with Crippen LogP contribution in [0.2, 0.25) is 0 Å². The van der Waals surface area contributed by atoms with Crippen LogP contribution in [-0.4, -0.2) is 7.11 Å². The molecule has 0 saturated heterocycles. The molecule has 0 aromatic carbocycles. The van der Waals surface area contributed by atoms with Gasteiger partial charge in [-0.3, -0.25) is 0 Å². The van der Waals surface area contributed by atoms with Crippen LogP contribution in [0, 0.1) is 11.3 Å². The van der Waals surface area contributed by atoms with Gasteiger partial charge in [-0.2, -0.15) is 0 Å². The summed E-state index contributed by atoms with van der Waals surface area (Å²) in [5.41, 5.74) is 6.02. The third-order valence-electron chi connectivity index (χ3n) is 4.15. The number of allylic oxidation sites excluding steroid dienone is 5. The lowest BCUT2D eigenvalue weighted by Gasteiger charge is -2.28. The predicted octanol–water partition coefficient (Wildman–Crippen LogP) is 5.65. The van der Waals surface area contributed by atoms with Crippen molar-refractivity contribution in [1.82, 2.24) is 0 Å². The highest BCUT2D eigenvalue weighted by molar-refractivity contribution is 5.38. The normalized spacial score (nSPS) is 20.8. The van der Waals surface area contributed by atoms with Gasteiger partial charge in [0.2, 0.25) is 0 Å². The molecule has 0 N–H and O–H groups in total. The second-order valence-corrected chi connectivity index (χ2v) is 7.17. The van der Waals surface area contributed by atoms with Crippen molar-refractivity contribution in [3.8, 4) is 0 Å². The van der Waals surface area contributed by atoms with Crippen LogP contribution < -0.4 is 0 Å². The number of methoxy groups -OCH3 is 1. The van der Waals surface area contributed by atoms with E-state index in [2.05, 4.69) is 54.5 Å². The molecule has 1 rings (SSSR count). The quantitative estimate of drug-likeness (QED) is 0.555. The van der Waals surface area contributed by atoms with Gasteiger partial charge in [-0.05, 0) is 63.5 Å².